The van der Waals surface area contributed by atoms with Crippen molar-refractivity contribution in [3.05, 3.63) is 0 Å². The number of rotatable bonds is 5. The molecule has 31 heavy (non-hydrogen) atoms. The lowest BCUT2D eigenvalue weighted by Crippen LogP contribution is -2.45. The van der Waals surface area contributed by atoms with Crippen molar-refractivity contribution < 1.29 is 14.3 Å². The Morgan fingerprint density at radius 2 is 1.68 bits per heavy atom. The Morgan fingerprint density at radius 1 is 0.968 bits per heavy atom. The summed E-state index contributed by atoms with van der Waals surface area (Å²) in [6.45, 7) is 2.36. The highest BCUT2D eigenvalue weighted by Gasteiger charge is 2.44. The van der Waals surface area contributed by atoms with E-state index in [4.69, 9.17) is 26.2 Å². The van der Waals surface area contributed by atoms with Crippen LogP contribution in [0.15, 0.2) is 5.10 Å². The average molecular weight is 453 g/mol. The first-order valence-electron chi connectivity index (χ1n) is 12.6. The standard InChI is InChI=1S/C25H41ClN2O3/c1-16-8-10-17(11-9-16)22-15-21(18-12-13-23(30-2)24(14-18)31-3)27-28(22)25(29)19-6-4-5-7-20(19)26/h16-20,22-24H,4-15H2,1-3H3. The first-order chi connectivity index (χ1) is 15.0. The van der Waals surface area contributed by atoms with Crippen molar-refractivity contribution in [2.24, 2.45) is 28.8 Å². The molecule has 0 saturated heterocycles. The second-order valence-electron chi connectivity index (χ2n) is 10.5. The van der Waals surface area contributed by atoms with E-state index in [1.54, 1.807) is 14.2 Å². The lowest BCUT2D eigenvalue weighted by atomic mass is 9.75. The summed E-state index contributed by atoms with van der Waals surface area (Å²) in [7, 11) is 3.55. The molecule has 0 bridgehead atoms. The van der Waals surface area contributed by atoms with Crippen molar-refractivity contribution in [3.8, 4) is 0 Å². The number of carbonyl (C=O) groups is 1. The van der Waals surface area contributed by atoms with Gasteiger partial charge < -0.3 is 9.47 Å². The Bertz CT molecular complexity index is 649. The molecule has 0 spiro atoms. The zero-order chi connectivity index (χ0) is 22.0. The Hall–Kier alpha value is -0.650. The van der Waals surface area contributed by atoms with Crippen molar-refractivity contribution in [2.75, 3.05) is 14.2 Å². The zero-order valence-corrected chi connectivity index (χ0v) is 20.4. The van der Waals surface area contributed by atoms with Crippen LogP contribution in [0.1, 0.15) is 84.0 Å². The zero-order valence-electron chi connectivity index (χ0n) is 19.6. The Labute approximate surface area is 193 Å². The van der Waals surface area contributed by atoms with Crippen LogP contribution in [0.4, 0.5) is 0 Å². The van der Waals surface area contributed by atoms with Crippen LogP contribution in [0, 0.1) is 23.7 Å². The summed E-state index contributed by atoms with van der Waals surface area (Å²) in [4.78, 5) is 13.7. The van der Waals surface area contributed by atoms with E-state index in [0.717, 1.165) is 57.3 Å². The highest BCUT2D eigenvalue weighted by molar-refractivity contribution is 6.22. The van der Waals surface area contributed by atoms with Gasteiger partial charge in [0.15, 0.2) is 0 Å². The van der Waals surface area contributed by atoms with Crippen LogP contribution in [0.5, 0.6) is 0 Å². The highest BCUT2D eigenvalue weighted by atomic mass is 35.5. The molecule has 0 aromatic rings. The van der Waals surface area contributed by atoms with E-state index in [1.807, 2.05) is 5.01 Å². The maximum atomic E-state index is 13.7. The minimum Gasteiger partial charge on any atom is -0.379 e. The molecule has 4 rings (SSSR count). The van der Waals surface area contributed by atoms with Gasteiger partial charge in [0, 0.05) is 37.6 Å². The van der Waals surface area contributed by atoms with Gasteiger partial charge in [0.25, 0.3) is 0 Å². The van der Waals surface area contributed by atoms with E-state index in [2.05, 4.69) is 6.92 Å². The van der Waals surface area contributed by atoms with Crippen molar-refractivity contribution in [2.45, 2.75) is 108 Å². The molecular weight excluding hydrogens is 412 g/mol. The van der Waals surface area contributed by atoms with Crippen LogP contribution in [-0.4, -0.2) is 54.5 Å². The Kier molecular flexibility index (Phi) is 7.98. The maximum absolute atomic E-state index is 13.7. The molecule has 176 valence electrons. The van der Waals surface area contributed by atoms with Crippen molar-refractivity contribution in [3.63, 3.8) is 0 Å². The van der Waals surface area contributed by atoms with Gasteiger partial charge in [-0.15, -0.1) is 11.6 Å². The van der Waals surface area contributed by atoms with E-state index in [0.29, 0.717) is 11.8 Å². The number of halogens is 1. The summed E-state index contributed by atoms with van der Waals surface area (Å²) in [5, 5.41) is 6.94. The van der Waals surface area contributed by atoms with Gasteiger partial charge in [-0.1, -0.05) is 32.6 Å². The van der Waals surface area contributed by atoms with Crippen molar-refractivity contribution in [1.82, 2.24) is 5.01 Å². The minimum atomic E-state index is -0.0699. The Morgan fingerprint density at radius 3 is 2.35 bits per heavy atom. The molecule has 6 atom stereocenters. The average Bonchev–Trinajstić information content (AvgIpc) is 3.24. The van der Waals surface area contributed by atoms with Crippen molar-refractivity contribution in [1.29, 1.82) is 0 Å². The third-order valence-corrected chi connectivity index (χ3v) is 9.13. The molecular formula is C25H41ClN2O3. The van der Waals surface area contributed by atoms with Gasteiger partial charge in [0.05, 0.1) is 24.2 Å². The molecule has 1 amide bonds. The van der Waals surface area contributed by atoms with E-state index in [-0.39, 0.29) is 35.5 Å². The Balaban J connectivity index is 1.52. The number of amides is 1. The van der Waals surface area contributed by atoms with Gasteiger partial charge in [-0.05, 0) is 56.8 Å². The molecule has 0 aromatic heterocycles. The number of methoxy groups -OCH3 is 2. The predicted molar refractivity (Wildman–Crippen MR) is 124 cm³/mol. The molecule has 3 fully saturated rings. The number of alkyl halides is 1. The summed E-state index contributed by atoms with van der Waals surface area (Å²) >= 11 is 6.64. The summed E-state index contributed by atoms with van der Waals surface area (Å²) < 4.78 is 11.4. The summed E-state index contributed by atoms with van der Waals surface area (Å²) in [6, 6.07) is 0.224. The summed E-state index contributed by atoms with van der Waals surface area (Å²) in [5.41, 5.74) is 1.22. The smallest absolute Gasteiger partial charge is 0.247 e. The molecule has 6 heteroatoms. The third kappa shape index (κ3) is 5.14. The van der Waals surface area contributed by atoms with Crippen LogP contribution in [0.25, 0.3) is 0 Å². The van der Waals surface area contributed by atoms with Crippen molar-refractivity contribution >= 4 is 23.2 Å². The number of hydrogen-bond donors (Lipinski definition) is 0. The number of hydrogen-bond acceptors (Lipinski definition) is 4. The molecule has 0 aromatic carbocycles. The monoisotopic (exact) mass is 452 g/mol. The lowest BCUT2D eigenvalue weighted by Gasteiger charge is -2.37. The minimum absolute atomic E-state index is 0.0393. The number of nitrogens with zero attached hydrogens (tertiary/aromatic N) is 2. The normalized spacial score (nSPS) is 41.8. The van der Waals surface area contributed by atoms with Crippen LogP contribution in [-0.2, 0) is 14.3 Å². The fourth-order valence-corrected chi connectivity index (χ4v) is 6.90. The first kappa shape index (κ1) is 23.5. The van der Waals surface area contributed by atoms with E-state index in [1.165, 1.54) is 31.4 Å². The molecule has 5 nitrogen and oxygen atoms in total. The van der Waals surface area contributed by atoms with Crippen LogP contribution in [0.3, 0.4) is 0 Å². The fraction of sp³-hybridized carbons (Fsp3) is 0.920. The van der Waals surface area contributed by atoms with E-state index < -0.39 is 0 Å². The molecule has 1 aliphatic heterocycles. The number of hydrazone groups is 1. The number of ether oxygens (including phenoxy) is 2. The quantitative estimate of drug-likeness (QED) is 0.525. The largest absolute Gasteiger partial charge is 0.379 e. The van der Waals surface area contributed by atoms with Crippen LogP contribution < -0.4 is 0 Å². The van der Waals surface area contributed by atoms with Gasteiger partial charge >= 0.3 is 0 Å². The molecule has 0 radical (unpaired) electrons. The van der Waals surface area contributed by atoms with Gasteiger partial charge in [0.2, 0.25) is 5.91 Å². The fourth-order valence-electron chi connectivity index (χ4n) is 6.51. The van der Waals surface area contributed by atoms with E-state index >= 15 is 0 Å². The topological polar surface area (TPSA) is 51.1 Å². The second kappa shape index (κ2) is 10.5. The summed E-state index contributed by atoms with van der Waals surface area (Å²) in [5.74, 6) is 1.87. The molecule has 3 aliphatic carbocycles. The third-order valence-electron chi connectivity index (χ3n) is 8.61. The molecule has 4 aliphatic rings. The maximum Gasteiger partial charge on any atom is 0.247 e. The molecule has 3 saturated carbocycles. The van der Waals surface area contributed by atoms with Crippen LogP contribution in [0.2, 0.25) is 0 Å². The highest BCUT2D eigenvalue weighted by Crippen LogP contribution is 2.41. The predicted octanol–water partition coefficient (Wildman–Crippen LogP) is 5.40. The SMILES string of the molecule is COC1CCC(C2=NN(C(=O)C3CCCCC3Cl)C(C3CCC(C)CC3)C2)CC1OC. The van der Waals surface area contributed by atoms with Gasteiger partial charge in [-0.2, -0.15) is 5.10 Å². The second-order valence-corrected chi connectivity index (χ2v) is 11.1. The van der Waals surface area contributed by atoms with E-state index in [9.17, 15) is 4.79 Å². The van der Waals surface area contributed by atoms with Gasteiger partial charge in [-0.3, -0.25) is 4.79 Å². The molecule has 1 heterocycles. The van der Waals surface area contributed by atoms with Gasteiger partial charge in [0.1, 0.15) is 0 Å². The molecule has 0 N–H and O–H groups in total. The van der Waals surface area contributed by atoms with Crippen LogP contribution >= 0.6 is 11.6 Å². The first-order valence-corrected chi connectivity index (χ1v) is 13.1. The lowest BCUT2D eigenvalue weighted by molar-refractivity contribution is -0.139. The molecule has 6 unspecified atom stereocenters. The van der Waals surface area contributed by atoms with Gasteiger partial charge in [-0.25, -0.2) is 5.01 Å². The summed E-state index contributed by atoms with van der Waals surface area (Å²) in [6.07, 6.45) is 13.3. The number of carbonyl (C=O) groups excluding carboxylic acids is 1.